The van der Waals surface area contributed by atoms with Gasteiger partial charge in [0.25, 0.3) is 0 Å². The summed E-state index contributed by atoms with van der Waals surface area (Å²) in [5, 5.41) is 8.36. The Labute approximate surface area is 87.5 Å². The van der Waals surface area contributed by atoms with E-state index in [1.165, 1.54) is 0 Å². The first-order chi connectivity index (χ1) is 6.93. The van der Waals surface area contributed by atoms with Crippen LogP contribution in [0.4, 0.5) is 0 Å². The van der Waals surface area contributed by atoms with Gasteiger partial charge in [0.15, 0.2) is 0 Å². The fraction of sp³-hybridized carbons (Fsp3) is 0.750. The maximum absolute atomic E-state index is 11.1. The zero-order valence-corrected chi connectivity index (χ0v) is 8.39. The quantitative estimate of drug-likeness (QED) is 0.228. The van der Waals surface area contributed by atoms with Crippen LogP contribution in [0.3, 0.4) is 0 Å². The van der Waals surface area contributed by atoms with Gasteiger partial charge in [-0.1, -0.05) is 0 Å². The lowest BCUT2D eigenvalue weighted by Crippen LogP contribution is -2.35. The molecule has 0 aromatic rings. The average Bonchev–Trinajstić information content (AvgIpc) is 2.10. The first kappa shape index (κ1) is 13.8. The maximum Gasteiger partial charge on any atom is 0.323 e. The van der Waals surface area contributed by atoms with Gasteiger partial charge in [-0.2, -0.15) is 0 Å². The molecule has 0 saturated carbocycles. The molecule has 15 heavy (non-hydrogen) atoms. The lowest BCUT2D eigenvalue weighted by atomic mass is 10.2. The molecule has 0 aliphatic rings. The topological polar surface area (TPSA) is 142 Å². The molecule has 0 saturated heterocycles. The van der Waals surface area contributed by atoms with E-state index in [0.717, 1.165) is 0 Å². The molecule has 0 spiro atoms. The second-order valence-corrected chi connectivity index (χ2v) is 3.18. The third-order valence-corrected chi connectivity index (χ3v) is 1.62. The zero-order valence-electron chi connectivity index (χ0n) is 8.39. The SMILES string of the molecule is NC(N)CCCOC(=O)[C@@H](N)CC(=O)O. The molecular weight excluding hydrogens is 202 g/mol. The molecule has 0 heterocycles. The molecule has 0 aliphatic carbocycles. The van der Waals surface area contributed by atoms with Gasteiger partial charge in [-0.25, -0.2) is 0 Å². The van der Waals surface area contributed by atoms with Crippen molar-refractivity contribution >= 4 is 11.9 Å². The van der Waals surface area contributed by atoms with Crippen LogP contribution in [0.1, 0.15) is 19.3 Å². The van der Waals surface area contributed by atoms with Gasteiger partial charge in [-0.3, -0.25) is 9.59 Å². The predicted molar refractivity (Wildman–Crippen MR) is 52.6 cm³/mol. The van der Waals surface area contributed by atoms with Crippen LogP contribution in [0.25, 0.3) is 0 Å². The number of rotatable bonds is 7. The van der Waals surface area contributed by atoms with Crippen LogP contribution < -0.4 is 17.2 Å². The highest BCUT2D eigenvalue weighted by Crippen LogP contribution is 1.96. The van der Waals surface area contributed by atoms with E-state index in [4.69, 9.17) is 27.0 Å². The van der Waals surface area contributed by atoms with Crippen molar-refractivity contribution in [2.24, 2.45) is 17.2 Å². The Morgan fingerprint density at radius 1 is 1.27 bits per heavy atom. The molecule has 7 heteroatoms. The minimum absolute atomic E-state index is 0.150. The van der Waals surface area contributed by atoms with E-state index in [1.54, 1.807) is 0 Å². The number of hydrogen-bond donors (Lipinski definition) is 4. The summed E-state index contributed by atoms with van der Waals surface area (Å²) in [7, 11) is 0. The highest BCUT2D eigenvalue weighted by atomic mass is 16.5. The lowest BCUT2D eigenvalue weighted by Gasteiger charge is -2.10. The van der Waals surface area contributed by atoms with E-state index < -0.39 is 30.6 Å². The number of carboxylic acid groups (broad SMARTS) is 1. The van der Waals surface area contributed by atoms with Gasteiger partial charge in [0, 0.05) is 0 Å². The molecular formula is C8H17N3O4. The number of ether oxygens (including phenoxy) is 1. The summed E-state index contributed by atoms with van der Waals surface area (Å²) in [6.45, 7) is 0.150. The summed E-state index contributed by atoms with van der Waals surface area (Å²) >= 11 is 0. The Hall–Kier alpha value is -1.18. The maximum atomic E-state index is 11.1. The average molecular weight is 219 g/mol. The number of carbonyl (C=O) groups excluding carboxylic acids is 1. The van der Waals surface area contributed by atoms with Gasteiger partial charge in [-0.05, 0) is 12.8 Å². The van der Waals surface area contributed by atoms with Crippen molar-refractivity contribution in [3.63, 3.8) is 0 Å². The Kier molecular flexibility index (Phi) is 6.59. The number of aliphatic carboxylic acids is 1. The largest absolute Gasteiger partial charge is 0.481 e. The van der Waals surface area contributed by atoms with E-state index in [2.05, 4.69) is 0 Å². The molecule has 0 fully saturated rings. The lowest BCUT2D eigenvalue weighted by molar-refractivity contribution is -0.149. The fourth-order valence-electron chi connectivity index (χ4n) is 0.870. The molecule has 0 aromatic heterocycles. The molecule has 0 unspecified atom stereocenters. The van der Waals surface area contributed by atoms with Crippen molar-refractivity contribution in [2.45, 2.75) is 31.5 Å². The smallest absolute Gasteiger partial charge is 0.323 e. The number of hydrogen-bond acceptors (Lipinski definition) is 6. The minimum atomic E-state index is -1.14. The summed E-state index contributed by atoms with van der Waals surface area (Å²) in [5.41, 5.74) is 15.8. The summed E-state index contributed by atoms with van der Waals surface area (Å²) in [5.74, 6) is -1.86. The first-order valence-corrected chi connectivity index (χ1v) is 4.58. The highest BCUT2D eigenvalue weighted by molar-refractivity contribution is 5.81. The van der Waals surface area contributed by atoms with Crippen LogP contribution in [0, 0.1) is 0 Å². The normalized spacial score (nSPS) is 12.5. The van der Waals surface area contributed by atoms with Crippen LogP contribution in [0.15, 0.2) is 0 Å². The van der Waals surface area contributed by atoms with Crippen molar-refractivity contribution in [3.8, 4) is 0 Å². The summed E-state index contributed by atoms with van der Waals surface area (Å²) in [4.78, 5) is 21.3. The van der Waals surface area contributed by atoms with E-state index in [1.807, 2.05) is 0 Å². The molecule has 0 rings (SSSR count). The Bertz CT molecular complexity index is 220. The number of esters is 1. The molecule has 7 N–H and O–H groups in total. The summed E-state index contributed by atoms with van der Waals surface area (Å²) in [6, 6.07) is -1.12. The van der Waals surface area contributed by atoms with Crippen molar-refractivity contribution in [3.05, 3.63) is 0 Å². The Morgan fingerprint density at radius 2 is 1.87 bits per heavy atom. The Morgan fingerprint density at radius 3 is 2.33 bits per heavy atom. The van der Waals surface area contributed by atoms with Crippen LogP contribution in [0.2, 0.25) is 0 Å². The molecule has 0 aromatic carbocycles. The second kappa shape index (κ2) is 7.16. The van der Waals surface area contributed by atoms with Crippen LogP contribution in [-0.2, 0) is 14.3 Å². The predicted octanol–water partition coefficient (Wildman–Crippen LogP) is -1.64. The van der Waals surface area contributed by atoms with E-state index >= 15 is 0 Å². The standard InChI is InChI=1S/C8H17N3O4/c9-5(4-7(12)13)8(14)15-3-1-2-6(10)11/h5-6H,1-4,9-11H2,(H,12,13)/t5-/m0/s1. The molecule has 0 bridgehead atoms. The second-order valence-electron chi connectivity index (χ2n) is 3.18. The first-order valence-electron chi connectivity index (χ1n) is 4.58. The molecule has 1 atom stereocenters. The van der Waals surface area contributed by atoms with Crippen molar-refractivity contribution < 1.29 is 19.4 Å². The van der Waals surface area contributed by atoms with Gasteiger partial charge in [0.2, 0.25) is 0 Å². The molecule has 88 valence electrons. The van der Waals surface area contributed by atoms with Crippen molar-refractivity contribution in [2.75, 3.05) is 6.61 Å². The van der Waals surface area contributed by atoms with Gasteiger partial charge in [0.1, 0.15) is 6.04 Å². The Balaban J connectivity index is 3.60. The van der Waals surface area contributed by atoms with Crippen molar-refractivity contribution in [1.82, 2.24) is 0 Å². The zero-order chi connectivity index (χ0) is 11.8. The summed E-state index contributed by atoms with van der Waals surface area (Å²) < 4.78 is 4.72. The number of carboxylic acids is 1. The fourth-order valence-corrected chi connectivity index (χ4v) is 0.870. The van der Waals surface area contributed by atoms with Gasteiger partial charge >= 0.3 is 11.9 Å². The van der Waals surface area contributed by atoms with Crippen LogP contribution >= 0.6 is 0 Å². The molecule has 0 amide bonds. The van der Waals surface area contributed by atoms with Gasteiger partial charge < -0.3 is 27.0 Å². The number of nitrogens with two attached hydrogens (primary N) is 3. The molecule has 7 nitrogen and oxygen atoms in total. The third-order valence-electron chi connectivity index (χ3n) is 1.62. The van der Waals surface area contributed by atoms with E-state index in [0.29, 0.717) is 12.8 Å². The molecule has 0 radical (unpaired) electrons. The van der Waals surface area contributed by atoms with Crippen LogP contribution in [-0.4, -0.2) is 35.9 Å². The third kappa shape index (κ3) is 7.86. The monoisotopic (exact) mass is 219 g/mol. The van der Waals surface area contributed by atoms with Gasteiger partial charge in [0.05, 0.1) is 19.2 Å². The minimum Gasteiger partial charge on any atom is -0.481 e. The van der Waals surface area contributed by atoms with Gasteiger partial charge in [-0.15, -0.1) is 0 Å². The van der Waals surface area contributed by atoms with E-state index in [9.17, 15) is 9.59 Å². The number of carbonyl (C=O) groups is 2. The van der Waals surface area contributed by atoms with Crippen molar-refractivity contribution in [1.29, 1.82) is 0 Å². The van der Waals surface area contributed by atoms with E-state index in [-0.39, 0.29) is 6.61 Å². The van der Waals surface area contributed by atoms with Crippen LogP contribution in [0.5, 0.6) is 0 Å². The summed E-state index contributed by atoms with van der Waals surface area (Å²) in [6.07, 6.45) is 0.191. The molecule has 0 aliphatic heterocycles. The highest BCUT2D eigenvalue weighted by Gasteiger charge is 2.18.